The second-order valence-electron chi connectivity index (χ2n) is 7.71. The van der Waals surface area contributed by atoms with E-state index in [1.165, 1.54) is 42.6 Å². The molecule has 1 aliphatic carbocycles. The van der Waals surface area contributed by atoms with Gasteiger partial charge in [0.25, 0.3) is 0 Å². The topological polar surface area (TPSA) is 56.7 Å². The summed E-state index contributed by atoms with van der Waals surface area (Å²) >= 11 is 2.08. The molecule has 0 saturated heterocycles. The van der Waals surface area contributed by atoms with E-state index in [1.807, 2.05) is 24.1 Å². The van der Waals surface area contributed by atoms with Gasteiger partial charge in [-0.15, -0.1) is 24.0 Å². The van der Waals surface area contributed by atoms with E-state index in [9.17, 15) is 4.79 Å². The van der Waals surface area contributed by atoms with Crippen LogP contribution in [-0.2, 0) is 17.9 Å². The average molecular weight is 531 g/mol. The van der Waals surface area contributed by atoms with E-state index in [0.717, 1.165) is 37.3 Å². The number of amides is 1. The van der Waals surface area contributed by atoms with Crippen LogP contribution in [0.15, 0.2) is 29.3 Å². The molecule has 1 saturated carbocycles. The van der Waals surface area contributed by atoms with E-state index in [0.29, 0.717) is 12.5 Å². The van der Waals surface area contributed by atoms with Crippen molar-refractivity contribution < 1.29 is 4.79 Å². The number of hydrogen-bond acceptors (Lipinski definition) is 3. The number of benzene rings is 1. The SMILES string of the molecule is CCSC1CCCC(NC(=NC)NCCCC(=O)N2Cc3ccccc3C2)C1.I. The predicted molar refractivity (Wildman–Crippen MR) is 134 cm³/mol. The Morgan fingerprint density at radius 1 is 1.24 bits per heavy atom. The van der Waals surface area contributed by atoms with Gasteiger partial charge in [0, 0.05) is 44.4 Å². The first-order valence-electron chi connectivity index (χ1n) is 10.6. The molecule has 1 heterocycles. The lowest BCUT2D eigenvalue weighted by Crippen LogP contribution is -2.46. The zero-order valence-electron chi connectivity index (χ0n) is 17.7. The fourth-order valence-corrected chi connectivity index (χ4v) is 5.34. The van der Waals surface area contributed by atoms with Crippen LogP contribution in [0.1, 0.15) is 56.6 Å². The van der Waals surface area contributed by atoms with Gasteiger partial charge in [-0.1, -0.05) is 37.6 Å². The zero-order chi connectivity index (χ0) is 19.8. The zero-order valence-corrected chi connectivity index (χ0v) is 20.8. The number of nitrogens with zero attached hydrogens (tertiary/aromatic N) is 2. The number of rotatable bonds is 7. The second-order valence-corrected chi connectivity index (χ2v) is 9.28. The van der Waals surface area contributed by atoms with Crippen molar-refractivity contribution in [3.8, 4) is 0 Å². The molecule has 0 bridgehead atoms. The molecular weight excluding hydrogens is 495 g/mol. The van der Waals surface area contributed by atoms with Crippen molar-refractivity contribution in [2.45, 2.75) is 69.8 Å². The first kappa shape index (κ1) is 24.3. The molecule has 29 heavy (non-hydrogen) atoms. The lowest BCUT2D eigenvalue weighted by molar-refractivity contribution is -0.131. The van der Waals surface area contributed by atoms with Crippen LogP contribution in [0.4, 0.5) is 0 Å². The lowest BCUT2D eigenvalue weighted by atomic mass is 9.95. The van der Waals surface area contributed by atoms with Crippen molar-refractivity contribution in [3.63, 3.8) is 0 Å². The normalized spacial score (nSPS) is 21.3. The third-order valence-electron chi connectivity index (χ3n) is 5.65. The van der Waals surface area contributed by atoms with E-state index in [-0.39, 0.29) is 29.9 Å². The minimum Gasteiger partial charge on any atom is -0.356 e. The molecular formula is C22H35IN4OS. The van der Waals surface area contributed by atoms with Gasteiger partial charge < -0.3 is 15.5 Å². The highest BCUT2D eigenvalue weighted by molar-refractivity contribution is 14.0. The minimum atomic E-state index is 0. The maximum absolute atomic E-state index is 12.5. The molecule has 7 heteroatoms. The average Bonchev–Trinajstić information content (AvgIpc) is 3.15. The van der Waals surface area contributed by atoms with Crippen molar-refractivity contribution in [1.29, 1.82) is 0 Å². The third-order valence-corrected chi connectivity index (χ3v) is 6.88. The van der Waals surface area contributed by atoms with Crippen molar-refractivity contribution in [3.05, 3.63) is 35.4 Å². The van der Waals surface area contributed by atoms with Crippen LogP contribution < -0.4 is 10.6 Å². The molecule has 0 radical (unpaired) electrons. The first-order chi connectivity index (χ1) is 13.7. The van der Waals surface area contributed by atoms with E-state index in [1.54, 1.807) is 0 Å². The number of carbonyl (C=O) groups excluding carboxylic acids is 1. The number of nitrogens with one attached hydrogen (secondary N) is 2. The smallest absolute Gasteiger partial charge is 0.223 e. The highest BCUT2D eigenvalue weighted by Crippen LogP contribution is 2.28. The van der Waals surface area contributed by atoms with Crippen LogP contribution in [0.2, 0.25) is 0 Å². The summed E-state index contributed by atoms with van der Waals surface area (Å²) in [6.07, 6.45) is 6.47. The van der Waals surface area contributed by atoms with Crippen LogP contribution >= 0.6 is 35.7 Å². The molecule has 0 aromatic heterocycles. The highest BCUT2D eigenvalue weighted by atomic mass is 127. The fourth-order valence-electron chi connectivity index (χ4n) is 4.17. The molecule has 5 nitrogen and oxygen atoms in total. The van der Waals surface area contributed by atoms with E-state index < -0.39 is 0 Å². The molecule has 2 aliphatic rings. The molecule has 2 N–H and O–H groups in total. The molecule has 2 unspecified atom stereocenters. The molecule has 1 aromatic rings. The van der Waals surface area contributed by atoms with Gasteiger partial charge in [-0.25, -0.2) is 0 Å². The Bertz CT molecular complexity index is 658. The number of fused-ring (bicyclic) bond motifs is 1. The summed E-state index contributed by atoms with van der Waals surface area (Å²) in [6.45, 7) is 4.52. The Labute approximate surface area is 196 Å². The first-order valence-corrected chi connectivity index (χ1v) is 11.7. The summed E-state index contributed by atoms with van der Waals surface area (Å²) in [5.41, 5.74) is 2.57. The van der Waals surface area contributed by atoms with Gasteiger partial charge in [-0.3, -0.25) is 9.79 Å². The van der Waals surface area contributed by atoms with Gasteiger partial charge in [0.15, 0.2) is 5.96 Å². The Morgan fingerprint density at radius 3 is 2.62 bits per heavy atom. The maximum Gasteiger partial charge on any atom is 0.223 e. The monoisotopic (exact) mass is 530 g/mol. The van der Waals surface area contributed by atoms with Crippen LogP contribution in [0, 0.1) is 0 Å². The van der Waals surface area contributed by atoms with Crippen molar-refractivity contribution in [2.75, 3.05) is 19.3 Å². The number of thioether (sulfide) groups is 1. The highest BCUT2D eigenvalue weighted by Gasteiger charge is 2.23. The van der Waals surface area contributed by atoms with Crippen molar-refractivity contribution in [2.24, 2.45) is 4.99 Å². The predicted octanol–water partition coefficient (Wildman–Crippen LogP) is 4.16. The van der Waals surface area contributed by atoms with Gasteiger partial charge in [0.2, 0.25) is 5.91 Å². The molecule has 1 fully saturated rings. The van der Waals surface area contributed by atoms with E-state index >= 15 is 0 Å². The molecule has 0 spiro atoms. The standard InChI is InChI=1S/C22H34N4OS.HI/c1-3-28-20-11-6-10-19(14-20)25-22(23-2)24-13-7-12-21(27)26-15-17-8-4-5-9-18(17)16-26;/h4-5,8-9,19-20H,3,6-7,10-16H2,1-2H3,(H2,23,24,25);1H. The van der Waals surface area contributed by atoms with Gasteiger partial charge in [-0.2, -0.15) is 11.8 Å². The quantitative estimate of drug-likeness (QED) is 0.241. The number of carbonyl (C=O) groups is 1. The largest absolute Gasteiger partial charge is 0.356 e. The number of guanidine groups is 1. The summed E-state index contributed by atoms with van der Waals surface area (Å²) in [7, 11) is 1.82. The maximum atomic E-state index is 12.5. The molecule has 1 amide bonds. The summed E-state index contributed by atoms with van der Waals surface area (Å²) in [6, 6.07) is 8.84. The van der Waals surface area contributed by atoms with E-state index in [2.05, 4.69) is 46.4 Å². The Kier molecular flexibility index (Phi) is 10.6. The lowest BCUT2D eigenvalue weighted by Gasteiger charge is -2.30. The van der Waals surface area contributed by atoms with Gasteiger partial charge >= 0.3 is 0 Å². The summed E-state index contributed by atoms with van der Waals surface area (Å²) in [5, 5.41) is 7.74. The van der Waals surface area contributed by atoms with Gasteiger partial charge in [0.1, 0.15) is 0 Å². The van der Waals surface area contributed by atoms with Crippen molar-refractivity contribution in [1.82, 2.24) is 15.5 Å². The molecule has 162 valence electrons. The molecule has 1 aromatic carbocycles. The van der Waals surface area contributed by atoms with Gasteiger partial charge in [0.05, 0.1) is 0 Å². The van der Waals surface area contributed by atoms with Gasteiger partial charge in [-0.05, 0) is 42.6 Å². The van der Waals surface area contributed by atoms with Crippen LogP contribution in [0.3, 0.4) is 0 Å². The molecule has 1 aliphatic heterocycles. The van der Waals surface area contributed by atoms with Crippen molar-refractivity contribution >= 4 is 47.6 Å². The Balaban J connectivity index is 0.00000300. The van der Waals surface area contributed by atoms with Crippen LogP contribution in [0.25, 0.3) is 0 Å². The number of hydrogen-bond donors (Lipinski definition) is 2. The van der Waals surface area contributed by atoms with Crippen LogP contribution in [0.5, 0.6) is 0 Å². The van der Waals surface area contributed by atoms with E-state index in [4.69, 9.17) is 0 Å². The second kappa shape index (κ2) is 12.7. The minimum absolute atomic E-state index is 0. The summed E-state index contributed by atoms with van der Waals surface area (Å²) in [5.74, 6) is 2.31. The Morgan fingerprint density at radius 2 is 1.97 bits per heavy atom. The molecule has 2 atom stereocenters. The summed E-state index contributed by atoms with van der Waals surface area (Å²) < 4.78 is 0. The van der Waals surface area contributed by atoms with Crippen LogP contribution in [-0.4, -0.2) is 47.4 Å². The third kappa shape index (κ3) is 7.35. The Hall–Kier alpha value is -0.960. The fraction of sp³-hybridized carbons (Fsp3) is 0.636. The number of halogens is 1. The molecule has 3 rings (SSSR count). The summed E-state index contributed by atoms with van der Waals surface area (Å²) in [4.78, 5) is 18.8. The number of aliphatic imine (C=N–C) groups is 1.